The third-order valence-corrected chi connectivity index (χ3v) is 3.93. The van der Waals surface area contributed by atoms with E-state index in [1.165, 1.54) is 7.11 Å². The summed E-state index contributed by atoms with van der Waals surface area (Å²) >= 11 is 0. The summed E-state index contributed by atoms with van der Waals surface area (Å²) in [4.78, 5) is 25.8. The van der Waals surface area contributed by atoms with Crippen molar-refractivity contribution in [3.8, 4) is 0 Å². The minimum absolute atomic E-state index is 0. The number of hydrogen-bond donors (Lipinski definition) is 2. The van der Waals surface area contributed by atoms with Crippen LogP contribution in [0.2, 0.25) is 0 Å². The van der Waals surface area contributed by atoms with E-state index in [0.29, 0.717) is 17.8 Å². The number of amides is 1. The molecule has 128 valence electrons. The molecule has 1 aliphatic rings. The Bertz CT molecular complexity index is 558. The van der Waals surface area contributed by atoms with Gasteiger partial charge in [0.1, 0.15) is 0 Å². The third kappa shape index (κ3) is 5.49. The topological polar surface area (TPSA) is 84.7 Å². The fourth-order valence-electron chi connectivity index (χ4n) is 2.51. The lowest BCUT2D eigenvalue weighted by atomic mass is 10.1. The fraction of sp³-hybridized carbons (Fsp3) is 0.500. The molecule has 0 aromatic heterocycles. The molecule has 3 N–H and O–H groups in total. The number of aryl methyl sites for hydroxylation is 1. The number of methoxy groups -OCH3 is 1. The smallest absolute Gasteiger partial charge is 0.337 e. The van der Waals surface area contributed by atoms with Crippen molar-refractivity contribution in [3.63, 3.8) is 0 Å². The normalized spacial score (nSPS) is 15.6. The first-order valence-electron chi connectivity index (χ1n) is 7.46. The minimum Gasteiger partial charge on any atom is -0.465 e. The molecule has 7 heteroatoms. The van der Waals surface area contributed by atoms with Gasteiger partial charge in [-0.2, -0.15) is 0 Å². The van der Waals surface area contributed by atoms with Crippen LogP contribution in [0.4, 0.5) is 5.69 Å². The standard InChI is InChI=1S/C16H23N3O3.ClH/c1-11-3-4-12(16(21)22-2)9-14(11)18-15(20)10-19-7-5-13(17)6-8-19;/h3-4,9,13H,5-8,10,17H2,1-2H3,(H,18,20);1H. The second kappa shape index (κ2) is 8.86. The van der Waals surface area contributed by atoms with E-state index in [9.17, 15) is 9.59 Å². The van der Waals surface area contributed by atoms with E-state index >= 15 is 0 Å². The quantitative estimate of drug-likeness (QED) is 0.812. The lowest BCUT2D eigenvalue weighted by Gasteiger charge is -2.29. The number of carbonyl (C=O) groups is 2. The molecule has 23 heavy (non-hydrogen) atoms. The van der Waals surface area contributed by atoms with E-state index in [-0.39, 0.29) is 24.4 Å². The highest BCUT2D eigenvalue weighted by Gasteiger charge is 2.18. The van der Waals surface area contributed by atoms with E-state index in [4.69, 9.17) is 10.5 Å². The monoisotopic (exact) mass is 341 g/mol. The molecule has 0 aliphatic carbocycles. The van der Waals surface area contributed by atoms with Crippen molar-refractivity contribution in [2.24, 2.45) is 5.73 Å². The highest BCUT2D eigenvalue weighted by molar-refractivity contribution is 5.96. The maximum absolute atomic E-state index is 12.2. The van der Waals surface area contributed by atoms with Crippen LogP contribution in [0.5, 0.6) is 0 Å². The van der Waals surface area contributed by atoms with Crippen LogP contribution in [-0.2, 0) is 9.53 Å². The third-order valence-electron chi connectivity index (χ3n) is 3.93. The molecule has 2 rings (SSSR count). The molecule has 1 aromatic rings. The van der Waals surface area contributed by atoms with Crippen LogP contribution in [0.25, 0.3) is 0 Å². The summed E-state index contributed by atoms with van der Waals surface area (Å²) in [5.74, 6) is -0.499. The Morgan fingerprint density at radius 1 is 1.35 bits per heavy atom. The predicted molar refractivity (Wildman–Crippen MR) is 92.0 cm³/mol. The number of ether oxygens (including phenoxy) is 1. The highest BCUT2D eigenvalue weighted by atomic mass is 35.5. The van der Waals surface area contributed by atoms with Crippen LogP contribution in [0.15, 0.2) is 18.2 Å². The minimum atomic E-state index is -0.416. The molecular formula is C16H24ClN3O3. The molecular weight excluding hydrogens is 318 g/mol. The van der Waals surface area contributed by atoms with Crippen molar-refractivity contribution in [2.45, 2.75) is 25.8 Å². The zero-order valence-electron chi connectivity index (χ0n) is 13.5. The number of piperidine rings is 1. The van der Waals surface area contributed by atoms with Crippen LogP contribution in [-0.4, -0.2) is 49.6 Å². The number of benzene rings is 1. The summed E-state index contributed by atoms with van der Waals surface area (Å²) in [5, 5.41) is 2.87. The maximum atomic E-state index is 12.2. The number of halogens is 1. The Hall–Kier alpha value is -1.63. The first-order chi connectivity index (χ1) is 10.5. The lowest BCUT2D eigenvalue weighted by molar-refractivity contribution is -0.117. The first kappa shape index (κ1) is 19.4. The zero-order chi connectivity index (χ0) is 16.1. The second-order valence-electron chi connectivity index (χ2n) is 5.68. The Labute approximate surface area is 142 Å². The Morgan fingerprint density at radius 3 is 2.61 bits per heavy atom. The van der Waals surface area contributed by atoms with Gasteiger partial charge in [-0.3, -0.25) is 9.69 Å². The average Bonchev–Trinajstić information content (AvgIpc) is 2.51. The molecule has 0 atom stereocenters. The molecule has 1 fully saturated rings. The van der Waals surface area contributed by atoms with Gasteiger partial charge in [-0.1, -0.05) is 6.07 Å². The number of carbonyl (C=O) groups excluding carboxylic acids is 2. The maximum Gasteiger partial charge on any atom is 0.337 e. The molecule has 1 saturated heterocycles. The molecule has 1 amide bonds. The summed E-state index contributed by atoms with van der Waals surface area (Å²) in [5.41, 5.74) is 7.83. The Kier molecular flexibility index (Phi) is 7.48. The molecule has 1 aromatic carbocycles. The summed E-state index contributed by atoms with van der Waals surface area (Å²) < 4.78 is 4.70. The van der Waals surface area contributed by atoms with Crippen LogP contribution in [0, 0.1) is 6.92 Å². The zero-order valence-corrected chi connectivity index (χ0v) is 14.3. The summed E-state index contributed by atoms with van der Waals surface area (Å²) in [6.07, 6.45) is 1.84. The van der Waals surface area contributed by atoms with Gasteiger partial charge in [-0.05, 0) is 37.5 Å². The molecule has 0 saturated carbocycles. The van der Waals surface area contributed by atoms with Gasteiger partial charge in [-0.25, -0.2) is 4.79 Å². The van der Waals surface area contributed by atoms with Gasteiger partial charge < -0.3 is 15.8 Å². The SMILES string of the molecule is COC(=O)c1ccc(C)c(NC(=O)CN2CCC(N)CC2)c1.Cl. The van der Waals surface area contributed by atoms with Crippen molar-refractivity contribution >= 4 is 30.0 Å². The average molecular weight is 342 g/mol. The second-order valence-corrected chi connectivity index (χ2v) is 5.68. The van der Waals surface area contributed by atoms with Crippen LogP contribution < -0.4 is 11.1 Å². The first-order valence-corrected chi connectivity index (χ1v) is 7.46. The van der Waals surface area contributed by atoms with Gasteiger partial charge in [-0.15, -0.1) is 12.4 Å². The van der Waals surface area contributed by atoms with E-state index in [1.807, 2.05) is 6.92 Å². The number of anilines is 1. The van der Waals surface area contributed by atoms with Gasteiger partial charge in [0.25, 0.3) is 0 Å². The summed E-state index contributed by atoms with van der Waals surface area (Å²) in [7, 11) is 1.33. The number of esters is 1. The summed E-state index contributed by atoms with van der Waals surface area (Å²) in [6.45, 7) is 3.91. The van der Waals surface area contributed by atoms with Gasteiger partial charge in [0.2, 0.25) is 5.91 Å². The molecule has 6 nitrogen and oxygen atoms in total. The predicted octanol–water partition coefficient (Wildman–Crippen LogP) is 1.57. The molecule has 0 spiro atoms. The fourth-order valence-corrected chi connectivity index (χ4v) is 2.51. The number of hydrogen-bond acceptors (Lipinski definition) is 5. The van der Waals surface area contributed by atoms with Gasteiger partial charge in [0, 0.05) is 24.8 Å². The Morgan fingerprint density at radius 2 is 2.00 bits per heavy atom. The van der Waals surface area contributed by atoms with Gasteiger partial charge in [0.15, 0.2) is 0 Å². The van der Waals surface area contributed by atoms with Crippen LogP contribution in [0.3, 0.4) is 0 Å². The van der Waals surface area contributed by atoms with Gasteiger partial charge >= 0.3 is 5.97 Å². The molecule has 1 aliphatic heterocycles. The van der Waals surface area contributed by atoms with Crippen molar-refractivity contribution in [2.75, 3.05) is 32.1 Å². The molecule has 1 heterocycles. The number of nitrogens with one attached hydrogen (secondary N) is 1. The van der Waals surface area contributed by atoms with Crippen LogP contribution in [0.1, 0.15) is 28.8 Å². The number of nitrogens with zero attached hydrogens (tertiary/aromatic N) is 1. The largest absolute Gasteiger partial charge is 0.465 e. The lowest BCUT2D eigenvalue weighted by Crippen LogP contribution is -2.43. The number of likely N-dealkylation sites (tertiary alicyclic amines) is 1. The van der Waals surface area contributed by atoms with Crippen LogP contribution >= 0.6 is 12.4 Å². The molecule has 0 radical (unpaired) electrons. The molecule has 0 bridgehead atoms. The highest BCUT2D eigenvalue weighted by Crippen LogP contribution is 2.18. The van der Waals surface area contributed by atoms with Crippen molar-refractivity contribution in [1.82, 2.24) is 4.90 Å². The molecule has 0 unspecified atom stereocenters. The number of rotatable bonds is 4. The van der Waals surface area contributed by atoms with Crippen molar-refractivity contribution in [3.05, 3.63) is 29.3 Å². The van der Waals surface area contributed by atoms with Crippen molar-refractivity contribution < 1.29 is 14.3 Å². The van der Waals surface area contributed by atoms with Gasteiger partial charge in [0.05, 0.1) is 19.2 Å². The van der Waals surface area contributed by atoms with E-state index in [0.717, 1.165) is 31.5 Å². The van der Waals surface area contributed by atoms with E-state index in [1.54, 1.807) is 18.2 Å². The van der Waals surface area contributed by atoms with Crippen molar-refractivity contribution in [1.29, 1.82) is 0 Å². The van der Waals surface area contributed by atoms with E-state index < -0.39 is 5.97 Å². The summed E-state index contributed by atoms with van der Waals surface area (Å²) in [6, 6.07) is 5.37. The van der Waals surface area contributed by atoms with E-state index in [2.05, 4.69) is 10.2 Å². The number of nitrogens with two attached hydrogens (primary N) is 1. The Balaban J connectivity index is 0.00000264.